The van der Waals surface area contributed by atoms with Gasteiger partial charge in [-0.3, -0.25) is 9.59 Å². The smallest absolute Gasteiger partial charge is 0.305 e. The molecule has 6 heteroatoms. The van der Waals surface area contributed by atoms with E-state index in [0.717, 1.165) is 12.2 Å². The zero-order chi connectivity index (χ0) is 12.9. The van der Waals surface area contributed by atoms with Gasteiger partial charge in [-0.1, -0.05) is 0 Å². The quantitative estimate of drug-likeness (QED) is 0.443. The van der Waals surface area contributed by atoms with Gasteiger partial charge in [0, 0.05) is 13.0 Å². The molecule has 3 N–H and O–H groups in total. The van der Waals surface area contributed by atoms with Gasteiger partial charge in [-0.25, -0.2) is 0 Å². The van der Waals surface area contributed by atoms with E-state index in [0.29, 0.717) is 38.3 Å². The molecule has 0 saturated carbocycles. The first-order valence-corrected chi connectivity index (χ1v) is 7.06. The minimum absolute atomic E-state index is 0.0101. The third-order valence-corrected chi connectivity index (χ3v) is 2.95. The van der Waals surface area contributed by atoms with Gasteiger partial charge >= 0.3 is 5.97 Å². The fourth-order valence-corrected chi connectivity index (χ4v) is 1.90. The maximum Gasteiger partial charge on any atom is 0.305 e. The highest BCUT2D eigenvalue weighted by atomic mass is 32.2. The lowest BCUT2D eigenvalue weighted by atomic mass is 10.3. The van der Waals surface area contributed by atoms with Crippen molar-refractivity contribution in [3.63, 3.8) is 0 Å². The second kappa shape index (κ2) is 11.7. The lowest BCUT2D eigenvalue weighted by Gasteiger charge is -2.05. The summed E-state index contributed by atoms with van der Waals surface area (Å²) in [6.07, 6.45) is 1.91. The van der Waals surface area contributed by atoms with E-state index in [9.17, 15) is 9.59 Å². The Morgan fingerprint density at radius 1 is 1.35 bits per heavy atom. The molecule has 0 aromatic heterocycles. The largest absolute Gasteiger partial charge is 0.466 e. The molecule has 0 saturated heterocycles. The number of carbonyl (C=O) groups excluding carboxylic acids is 2. The summed E-state index contributed by atoms with van der Waals surface area (Å²) in [6, 6.07) is 0. The Morgan fingerprint density at radius 2 is 2.12 bits per heavy atom. The Balaban J connectivity index is 3.30. The number of esters is 1. The molecule has 0 fully saturated rings. The fourth-order valence-electron chi connectivity index (χ4n) is 1.09. The monoisotopic (exact) mass is 262 g/mol. The van der Waals surface area contributed by atoms with Gasteiger partial charge in [0.15, 0.2) is 0 Å². The van der Waals surface area contributed by atoms with Crippen molar-refractivity contribution in [2.24, 2.45) is 5.73 Å². The first kappa shape index (κ1) is 16.2. The Kier molecular flexibility index (Phi) is 11.2. The summed E-state index contributed by atoms with van der Waals surface area (Å²) in [5, 5.41) is 2.76. The van der Waals surface area contributed by atoms with Crippen LogP contribution in [0.2, 0.25) is 0 Å². The Bertz CT molecular complexity index is 225. The van der Waals surface area contributed by atoms with Gasteiger partial charge in [-0.15, -0.1) is 0 Å². The number of nitrogens with two attached hydrogens (primary N) is 1. The molecule has 0 spiro atoms. The van der Waals surface area contributed by atoms with Crippen molar-refractivity contribution in [3.8, 4) is 0 Å². The third kappa shape index (κ3) is 11.5. The Labute approximate surface area is 107 Å². The molecule has 0 aromatic rings. The van der Waals surface area contributed by atoms with Crippen molar-refractivity contribution in [1.82, 2.24) is 5.32 Å². The van der Waals surface area contributed by atoms with Gasteiger partial charge in [0.2, 0.25) is 5.91 Å². The van der Waals surface area contributed by atoms with Gasteiger partial charge in [0.25, 0.3) is 0 Å². The molecule has 0 atom stereocenters. The predicted octanol–water partition coefficient (Wildman–Crippen LogP) is 0.528. The summed E-state index contributed by atoms with van der Waals surface area (Å²) in [6.45, 7) is 3.37. The number of nitrogens with one attached hydrogen (secondary N) is 1. The zero-order valence-corrected chi connectivity index (χ0v) is 11.2. The maximum atomic E-state index is 11.3. The average Bonchev–Trinajstić information content (AvgIpc) is 2.31. The number of carbonyl (C=O) groups is 2. The van der Waals surface area contributed by atoms with E-state index >= 15 is 0 Å². The summed E-state index contributed by atoms with van der Waals surface area (Å²) < 4.78 is 4.77. The molecular weight excluding hydrogens is 240 g/mol. The van der Waals surface area contributed by atoms with Crippen LogP contribution in [-0.4, -0.2) is 43.1 Å². The van der Waals surface area contributed by atoms with E-state index in [1.807, 2.05) is 0 Å². The van der Waals surface area contributed by atoms with E-state index in [2.05, 4.69) is 5.32 Å². The van der Waals surface area contributed by atoms with Crippen molar-refractivity contribution in [3.05, 3.63) is 0 Å². The van der Waals surface area contributed by atoms with Gasteiger partial charge in [-0.2, -0.15) is 11.8 Å². The Morgan fingerprint density at radius 3 is 2.76 bits per heavy atom. The summed E-state index contributed by atoms with van der Waals surface area (Å²) in [5.74, 6) is 1.17. The van der Waals surface area contributed by atoms with Crippen LogP contribution in [0.3, 0.4) is 0 Å². The van der Waals surface area contributed by atoms with E-state index in [-0.39, 0.29) is 11.9 Å². The summed E-state index contributed by atoms with van der Waals surface area (Å²) >= 11 is 1.57. The van der Waals surface area contributed by atoms with Crippen LogP contribution in [0, 0.1) is 0 Å². The molecule has 0 aliphatic rings. The van der Waals surface area contributed by atoms with E-state index in [1.54, 1.807) is 18.7 Å². The highest BCUT2D eigenvalue weighted by molar-refractivity contribution is 7.99. The Hall–Kier alpha value is -0.750. The molecule has 0 rings (SSSR count). The normalized spacial score (nSPS) is 10.0. The molecule has 5 nitrogen and oxygen atoms in total. The number of amides is 1. The molecule has 0 unspecified atom stereocenters. The van der Waals surface area contributed by atoms with Crippen LogP contribution in [-0.2, 0) is 14.3 Å². The summed E-state index contributed by atoms with van der Waals surface area (Å²) in [7, 11) is 0. The number of hydrogen-bond acceptors (Lipinski definition) is 5. The highest BCUT2D eigenvalue weighted by Crippen LogP contribution is 2.00. The second-order valence-corrected chi connectivity index (χ2v) is 4.56. The van der Waals surface area contributed by atoms with Crippen molar-refractivity contribution in [2.75, 3.05) is 31.2 Å². The lowest BCUT2D eigenvalue weighted by Crippen LogP contribution is -2.26. The number of ether oxygens (including phenoxy) is 1. The average molecular weight is 262 g/mol. The highest BCUT2D eigenvalue weighted by Gasteiger charge is 2.03. The van der Waals surface area contributed by atoms with Crippen molar-refractivity contribution < 1.29 is 14.3 Å². The molecule has 0 radical (unpaired) electrons. The number of thioether (sulfide) groups is 1. The van der Waals surface area contributed by atoms with E-state index in [1.165, 1.54) is 0 Å². The van der Waals surface area contributed by atoms with Crippen LogP contribution in [0.5, 0.6) is 0 Å². The van der Waals surface area contributed by atoms with Crippen molar-refractivity contribution in [2.45, 2.75) is 26.2 Å². The van der Waals surface area contributed by atoms with Gasteiger partial charge < -0.3 is 15.8 Å². The molecule has 0 aromatic carbocycles. The SMILES string of the molecule is CCOC(=O)CCCNC(=O)CSCCCN. The minimum atomic E-state index is -0.209. The van der Waals surface area contributed by atoms with Crippen LogP contribution in [0.4, 0.5) is 0 Å². The second-order valence-electron chi connectivity index (χ2n) is 3.45. The molecule has 0 aliphatic carbocycles. The molecular formula is C11H22N2O3S. The summed E-state index contributed by atoms with van der Waals surface area (Å²) in [4.78, 5) is 22.3. The zero-order valence-electron chi connectivity index (χ0n) is 10.4. The first-order chi connectivity index (χ1) is 8.20. The minimum Gasteiger partial charge on any atom is -0.466 e. The van der Waals surface area contributed by atoms with Crippen LogP contribution >= 0.6 is 11.8 Å². The number of hydrogen-bond donors (Lipinski definition) is 2. The van der Waals surface area contributed by atoms with Gasteiger partial charge in [0.1, 0.15) is 0 Å². The maximum absolute atomic E-state index is 11.3. The summed E-state index contributed by atoms with van der Waals surface area (Å²) in [5.41, 5.74) is 5.34. The van der Waals surface area contributed by atoms with Crippen molar-refractivity contribution in [1.29, 1.82) is 0 Å². The lowest BCUT2D eigenvalue weighted by molar-refractivity contribution is -0.143. The van der Waals surface area contributed by atoms with Crippen LogP contribution in [0.1, 0.15) is 26.2 Å². The molecule has 100 valence electrons. The molecule has 1 amide bonds. The standard InChI is InChI=1S/C11H22N2O3S/c1-2-16-11(15)5-3-7-13-10(14)9-17-8-4-6-12/h2-9,12H2,1H3,(H,13,14). The molecule has 0 bridgehead atoms. The van der Waals surface area contributed by atoms with Gasteiger partial charge in [-0.05, 0) is 32.1 Å². The van der Waals surface area contributed by atoms with Crippen LogP contribution in [0.25, 0.3) is 0 Å². The van der Waals surface area contributed by atoms with Gasteiger partial charge in [0.05, 0.1) is 12.4 Å². The van der Waals surface area contributed by atoms with Crippen molar-refractivity contribution >= 4 is 23.6 Å². The van der Waals surface area contributed by atoms with E-state index < -0.39 is 0 Å². The third-order valence-electron chi connectivity index (χ3n) is 1.91. The number of rotatable bonds is 10. The fraction of sp³-hybridized carbons (Fsp3) is 0.818. The van der Waals surface area contributed by atoms with E-state index in [4.69, 9.17) is 10.5 Å². The predicted molar refractivity (Wildman–Crippen MR) is 69.9 cm³/mol. The van der Waals surface area contributed by atoms with Crippen LogP contribution in [0.15, 0.2) is 0 Å². The molecule has 0 heterocycles. The first-order valence-electron chi connectivity index (χ1n) is 5.90. The molecule has 17 heavy (non-hydrogen) atoms. The topological polar surface area (TPSA) is 81.4 Å². The van der Waals surface area contributed by atoms with Crippen LogP contribution < -0.4 is 11.1 Å². The molecule has 0 aliphatic heterocycles.